The van der Waals surface area contributed by atoms with Crippen LogP contribution in [0.4, 0.5) is 0 Å². The van der Waals surface area contributed by atoms with Crippen LogP contribution in [0.3, 0.4) is 0 Å². The average molecular weight is 226 g/mol. The molecule has 0 bridgehead atoms. The topological polar surface area (TPSA) is 28.2 Å². The standard InChI is InChI=1S/C11H16ClN3/c1-13-10-3-5-15(8-10)7-9-2-4-14-11(12)6-9/h2,4,6,10,13H,3,5,7-8H2,1H3. The minimum atomic E-state index is 0.580. The van der Waals surface area contributed by atoms with Gasteiger partial charge in [0.1, 0.15) is 5.15 Å². The summed E-state index contributed by atoms with van der Waals surface area (Å²) >= 11 is 5.84. The molecular weight excluding hydrogens is 210 g/mol. The third kappa shape index (κ3) is 2.91. The summed E-state index contributed by atoms with van der Waals surface area (Å²) in [5, 5.41) is 3.89. The Kier molecular flexibility index (Phi) is 3.57. The number of hydrogen-bond donors (Lipinski definition) is 1. The Balaban J connectivity index is 1.92. The van der Waals surface area contributed by atoms with Gasteiger partial charge in [-0.15, -0.1) is 0 Å². The largest absolute Gasteiger partial charge is 0.316 e. The van der Waals surface area contributed by atoms with Gasteiger partial charge >= 0.3 is 0 Å². The summed E-state index contributed by atoms with van der Waals surface area (Å²) in [6.45, 7) is 3.25. The number of likely N-dealkylation sites (tertiary alicyclic amines) is 1. The molecule has 1 N–H and O–H groups in total. The second kappa shape index (κ2) is 4.92. The van der Waals surface area contributed by atoms with Crippen molar-refractivity contribution in [1.82, 2.24) is 15.2 Å². The molecule has 1 fully saturated rings. The van der Waals surface area contributed by atoms with Gasteiger partial charge in [0.2, 0.25) is 0 Å². The van der Waals surface area contributed by atoms with Gasteiger partial charge in [0.05, 0.1) is 0 Å². The number of nitrogens with zero attached hydrogens (tertiary/aromatic N) is 2. The molecule has 0 spiro atoms. The zero-order valence-corrected chi connectivity index (χ0v) is 9.67. The zero-order chi connectivity index (χ0) is 10.7. The second-order valence-electron chi connectivity index (χ2n) is 4.00. The van der Waals surface area contributed by atoms with Crippen molar-refractivity contribution in [2.24, 2.45) is 0 Å². The molecule has 0 amide bonds. The first kappa shape index (κ1) is 10.9. The number of halogens is 1. The van der Waals surface area contributed by atoms with Crippen molar-refractivity contribution in [3.8, 4) is 0 Å². The Morgan fingerprint density at radius 1 is 1.67 bits per heavy atom. The molecule has 0 aliphatic carbocycles. The molecule has 1 aliphatic heterocycles. The van der Waals surface area contributed by atoms with Gasteiger partial charge in [-0.1, -0.05) is 11.6 Å². The summed E-state index contributed by atoms with van der Waals surface area (Å²) in [7, 11) is 2.03. The molecule has 1 atom stereocenters. The van der Waals surface area contributed by atoms with Crippen molar-refractivity contribution in [1.29, 1.82) is 0 Å². The second-order valence-corrected chi connectivity index (χ2v) is 4.38. The van der Waals surface area contributed by atoms with Gasteiger partial charge in [0, 0.05) is 31.9 Å². The lowest BCUT2D eigenvalue weighted by atomic mass is 10.2. The van der Waals surface area contributed by atoms with E-state index in [0.29, 0.717) is 11.2 Å². The van der Waals surface area contributed by atoms with Crippen LogP contribution in [-0.2, 0) is 6.54 Å². The summed E-state index contributed by atoms with van der Waals surface area (Å²) in [4.78, 5) is 6.42. The lowest BCUT2D eigenvalue weighted by Gasteiger charge is -2.15. The van der Waals surface area contributed by atoms with Crippen molar-refractivity contribution in [2.45, 2.75) is 19.0 Å². The van der Waals surface area contributed by atoms with Crippen LogP contribution in [0.5, 0.6) is 0 Å². The number of hydrogen-bond acceptors (Lipinski definition) is 3. The van der Waals surface area contributed by atoms with Crippen LogP contribution in [0.2, 0.25) is 5.15 Å². The van der Waals surface area contributed by atoms with Crippen LogP contribution in [0.15, 0.2) is 18.3 Å². The molecule has 1 aromatic rings. The maximum atomic E-state index is 5.84. The summed E-state index contributed by atoms with van der Waals surface area (Å²) in [5.74, 6) is 0. The number of rotatable bonds is 3. The van der Waals surface area contributed by atoms with Crippen LogP contribution in [0, 0.1) is 0 Å². The van der Waals surface area contributed by atoms with Gasteiger partial charge in [0.25, 0.3) is 0 Å². The molecule has 1 saturated heterocycles. The highest BCUT2D eigenvalue weighted by molar-refractivity contribution is 6.29. The van der Waals surface area contributed by atoms with Crippen molar-refractivity contribution in [3.63, 3.8) is 0 Å². The Morgan fingerprint density at radius 3 is 3.20 bits per heavy atom. The minimum absolute atomic E-state index is 0.580. The van der Waals surface area contributed by atoms with Crippen LogP contribution in [0.1, 0.15) is 12.0 Å². The quantitative estimate of drug-likeness (QED) is 0.791. The molecule has 82 valence electrons. The highest BCUT2D eigenvalue weighted by Crippen LogP contribution is 2.14. The smallest absolute Gasteiger partial charge is 0.129 e. The predicted octanol–water partition coefficient (Wildman–Crippen LogP) is 1.53. The summed E-state index contributed by atoms with van der Waals surface area (Å²) < 4.78 is 0. The van der Waals surface area contributed by atoms with E-state index in [2.05, 4.69) is 15.2 Å². The average Bonchev–Trinajstić information content (AvgIpc) is 2.65. The van der Waals surface area contributed by atoms with Crippen molar-refractivity contribution >= 4 is 11.6 Å². The van der Waals surface area contributed by atoms with E-state index < -0.39 is 0 Å². The van der Waals surface area contributed by atoms with E-state index in [1.54, 1.807) is 6.20 Å². The molecule has 4 heteroatoms. The van der Waals surface area contributed by atoms with E-state index in [9.17, 15) is 0 Å². The number of nitrogens with one attached hydrogen (secondary N) is 1. The monoisotopic (exact) mass is 225 g/mol. The Morgan fingerprint density at radius 2 is 2.53 bits per heavy atom. The van der Waals surface area contributed by atoms with E-state index >= 15 is 0 Å². The molecule has 1 aromatic heterocycles. The summed E-state index contributed by atoms with van der Waals surface area (Å²) in [6.07, 6.45) is 3.00. The molecule has 3 nitrogen and oxygen atoms in total. The molecule has 2 rings (SSSR count). The van der Waals surface area contributed by atoms with Gasteiger partial charge in [-0.3, -0.25) is 4.90 Å². The van der Waals surface area contributed by atoms with Crippen LogP contribution >= 0.6 is 11.6 Å². The van der Waals surface area contributed by atoms with E-state index in [1.165, 1.54) is 12.0 Å². The Labute approximate surface area is 95.4 Å². The van der Waals surface area contributed by atoms with E-state index in [0.717, 1.165) is 19.6 Å². The normalized spacial score (nSPS) is 22.1. The molecule has 0 saturated carbocycles. The molecule has 0 aromatic carbocycles. The highest BCUT2D eigenvalue weighted by Gasteiger charge is 2.20. The van der Waals surface area contributed by atoms with Gasteiger partial charge in [-0.25, -0.2) is 4.98 Å². The van der Waals surface area contributed by atoms with E-state index in [4.69, 9.17) is 11.6 Å². The van der Waals surface area contributed by atoms with Crippen LogP contribution in [0.25, 0.3) is 0 Å². The van der Waals surface area contributed by atoms with E-state index in [1.807, 2.05) is 19.2 Å². The van der Waals surface area contributed by atoms with Crippen molar-refractivity contribution < 1.29 is 0 Å². The Hall–Kier alpha value is -0.640. The maximum absolute atomic E-state index is 5.84. The molecule has 1 unspecified atom stereocenters. The maximum Gasteiger partial charge on any atom is 0.129 e. The zero-order valence-electron chi connectivity index (χ0n) is 8.91. The summed E-state index contributed by atoms with van der Waals surface area (Å²) in [6, 6.07) is 4.61. The number of aromatic nitrogens is 1. The molecule has 0 radical (unpaired) electrons. The number of likely N-dealkylation sites (N-methyl/N-ethyl adjacent to an activating group) is 1. The van der Waals surface area contributed by atoms with Crippen LogP contribution < -0.4 is 5.32 Å². The third-order valence-electron chi connectivity index (χ3n) is 2.88. The Bertz CT molecular complexity index is 329. The van der Waals surface area contributed by atoms with Gasteiger partial charge < -0.3 is 5.32 Å². The lowest BCUT2D eigenvalue weighted by molar-refractivity contribution is 0.322. The lowest BCUT2D eigenvalue weighted by Crippen LogP contribution is -2.29. The fourth-order valence-electron chi connectivity index (χ4n) is 2.01. The van der Waals surface area contributed by atoms with Crippen molar-refractivity contribution in [3.05, 3.63) is 29.0 Å². The minimum Gasteiger partial charge on any atom is -0.316 e. The number of pyridine rings is 1. The SMILES string of the molecule is CNC1CCN(Cc2ccnc(Cl)c2)C1. The first-order chi connectivity index (χ1) is 7.28. The first-order valence-electron chi connectivity index (χ1n) is 5.28. The van der Waals surface area contributed by atoms with E-state index in [-0.39, 0.29) is 0 Å². The van der Waals surface area contributed by atoms with Gasteiger partial charge in [-0.2, -0.15) is 0 Å². The van der Waals surface area contributed by atoms with Gasteiger partial charge in [-0.05, 0) is 31.2 Å². The highest BCUT2D eigenvalue weighted by atomic mass is 35.5. The van der Waals surface area contributed by atoms with Gasteiger partial charge in [0.15, 0.2) is 0 Å². The fourth-order valence-corrected chi connectivity index (χ4v) is 2.21. The summed E-state index contributed by atoms with van der Waals surface area (Å²) in [5.41, 5.74) is 1.24. The fraction of sp³-hybridized carbons (Fsp3) is 0.545. The van der Waals surface area contributed by atoms with Crippen molar-refractivity contribution in [2.75, 3.05) is 20.1 Å². The third-order valence-corrected chi connectivity index (χ3v) is 3.08. The van der Waals surface area contributed by atoms with Crippen LogP contribution in [-0.4, -0.2) is 36.1 Å². The predicted molar refractivity (Wildman–Crippen MR) is 62.0 cm³/mol. The molecule has 15 heavy (non-hydrogen) atoms. The first-order valence-corrected chi connectivity index (χ1v) is 5.66. The molecular formula is C11H16ClN3. The molecule has 2 heterocycles. The molecule has 1 aliphatic rings.